The Morgan fingerprint density at radius 2 is 2.19 bits per heavy atom. The maximum Gasteiger partial charge on any atom is 0.260 e. The fourth-order valence-electron chi connectivity index (χ4n) is 2.03. The van der Waals surface area contributed by atoms with Gasteiger partial charge < -0.3 is 5.32 Å². The van der Waals surface area contributed by atoms with Crippen LogP contribution in [0.1, 0.15) is 5.56 Å². The van der Waals surface area contributed by atoms with Crippen molar-refractivity contribution in [3.8, 4) is 0 Å². The fourth-order valence-corrected chi connectivity index (χ4v) is 4.01. The maximum absolute atomic E-state index is 12.6. The summed E-state index contributed by atoms with van der Waals surface area (Å²) in [5, 5.41) is 6.78. The second-order valence-electron chi connectivity index (χ2n) is 4.40. The average Bonchev–Trinajstić information content (AvgIpc) is 3.12. The standard InChI is InChI=1S/C13H14N4O2S2/c1-14-12-13(17-6-3-2-4-11(17)16-12)21(18,19)15-8-10-5-7-20-9-10/h2-7,9,14-15H,8H2,1H3. The lowest BCUT2D eigenvalue weighted by atomic mass is 10.4. The van der Waals surface area contributed by atoms with Crippen LogP contribution < -0.4 is 10.0 Å². The zero-order valence-electron chi connectivity index (χ0n) is 11.3. The smallest absolute Gasteiger partial charge is 0.260 e. The summed E-state index contributed by atoms with van der Waals surface area (Å²) < 4.78 is 29.3. The van der Waals surface area contributed by atoms with Crippen LogP contribution in [0.5, 0.6) is 0 Å². The molecule has 0 aliphatic heterocycles. The quantitative estimate of drug-likeness (QED) is 0.752. The summed E-state index contributed by atoms with van der Waals surface area (Å²) in [6.45, 7) is 0.259. The van der Waals surface area contributed by atoms with Crippen LogP contribution >= 0.6 is 11.3 Å². The van der Waals surface area contributed by atoms with Crippen molar-refractivity contribution < 1.29 is 8.42 Å². The number of sulfonamides is 1. The number of nitrogens with zero attached hydrogens (tertiary/aromatic N) is 2. The van der Waals surface area contributed by atoms with Gasteiger partial charge in [0.1, 0.15) is 5.65 Å². The zero-order chi connectivity index (χ0) is 14.9. The van der Waals surface area contributed by atoms with Crippen molar-refractivity contribution >= 4 is 32.8 Å². The van der Waals surface area contributed by atoms with Crippen molar-refractivity contribution in [2.75, 3.05) is 12.4 Å². The molecule has 0 bridgehead atoms. The predicted molar refractivity (Wildman–Crippen MR) is 83.1 cm³/mol. The van der Waals surface area contributed by atoms with Gasteiger partial charge in [0.25, 0.3) is 10.0 Å². The zero-order valence-corrected chi connectivity index (χ0v) is 12.9. The van der Waals surface area contributed by atoms with Gasteiger partial charge in [-0.1, -0.05) is 6.07 Å². The van der Waals surface area contributed by atoms with Crippen molar-refractivity contribution in [2.45, 2.75) is 11.6 Å². The molecule has 0 aliphatic carbocycles. The third kappa shape index (κ3) is 2.65. The van der Waals surface area contributed by atoms with E-state index in [1.807, 2.05) is 22.9 Å². The van der Waals surface area contributed by atoms with Gasteiger partial charge >= 0.3 is 0 Å². The van der Waals surface area contributed by atoms with Crippen LogP contribution in [0.3, 0.4) is 0 Å². The Morgan fingerprint density at radius 3 is 2.90 bits per heavy atom. The number of imidazole rings is 1. The summed E-state index contributed by atoms with van der Waals surface area (Å²) in [5.41, 5.74) is 1.51. The van der Waals surface area contributed by atoms with E-state index < -0.39 is 10.0 Å². The van der Waals surface area contributed by atoms with Crippen LogP contribution in [0.15, 0.2) is 46.2 Å². The molecule has 3 rings (SSSR count). The number of aromatic nitrogens is 2. The lowest BCUT2D eigenvalue weighted by Gasteiger charge is -2.07. The summed E-state index contributed by atoms with van der Waals surface area (Å²) in [6.07, 6.45) is 1.68. The number of rotatable bonds is 5. The van der Waals surface area contributed by atoms with Crippen LogP contribution in [0, 0.1) is 0 Å². The van der Waals surface area contributed by atoms with Crippen LogP contribution in [-0.4, -0.2) is 24.9 Å². The monoisotopic (exact) mass is 322 g/mol. The van der Waals surface area contributed by atoms with Gasteiger partial charge in [-0.05, 0) is 34.5 Å². The number of pyridine rings is 1. The van der Waals surface area contributed by atoms with E-state index in [1.54, 1.807) is 29.8 Å². The normalized spacial score (nSPS) is 11.9. The maximum atomic E-state index is 12.6. The molecule has 2 N–H and O–H groups in total. The van der Waals surface area contributed by atoms with Gasteiger partial charge in [-0.2, -0.15) is 11.3 Å². The van der Waals surface area contributed by atoms with Gasteiger partial charge in [0.2, 0.25) is 0 Å². The molecule has 0 saturated carbocycles. The van der Waals surface area contributed by atoms with Gasteiger partial charge in [0.05, 0.1) is 0 Å². The predicted octanol–water partition coefficient (Wildman–Crippen LogP) is 1.92. The summed E-state index contributed by atoms with van der Waals surface area (Å²) in [4.78, 5) is 4.28. The van der Waals surface area contributed by atoms with Crippen LogP contribution in [0.25, 0.3) is 5.65 Å². The van der Waals surface area contributed by atoms with E-state index in [0.29, 0.717) is 11.5 Å². The van der Waals surface area contributed by atoms with E-state index in [0.717, 1.165) is 5.56 Å². The van der Waals surface area contributed by atoms with Crippen LogP contribution in [-0.2, 0) is 16.6 Å². The van der Waals surface area contributed by atoms with E-state index in [-0.39, 0.29) is 11.6 Å². The molecule has 0 aliphatic rings. The number of hydrogen-bond acceptors (Lipinski definition) is 5. The van der Waals surface area contributed by atoms with Gasteiger partial charge in [0.15, 0.2) is 10.8 Å². The van der Waals surface area contributed by atoms with Crippen molar-refractivity contribution in [1.82, 2.24) is 14.1 Å². The molecule has 0 atom stereocenters. The summed E-state index contributed by atoms with van der Waals surface area (Å²) in [7, 11) is -2.02. The molecule has 0 amide bonds. The third-order valence-corrected chi connectivity index (χ3v) is 5.18. The van der Waals surface area contributed by atoms with Crippen LogP contribution in [0.4, 0.5) is 5.82 Å². The molecule has 0 radical (unpaired) electrons. The topological polar surface area (TPSA) is 75.5 Å². The van der Waals surface area contributed by atoms with Crippen molar-refractivity contribution in [1.29, 1.82) is 0 Å². The molecule has 8 heteroatoms. The molecule has 3 heterocycles. The molecular formula is C13H14N4O2S2. The minimum Gasteiger partial charge on any atom is -0.371 e. The van der Waals surface area contributed by atoms with E-state index in [4.69, 9.17) is 0 Å². The number of thiophene rings is 1. The second-order valence-corrected chi connectivity index (χ2v) is 6.86. The molecule has 0 spiro atoms. The molecule has 0 saturated heterocycles. The van der Waals surface area contributed by atoms with E-state index in [1.165, 1.54) is 11.3 Å². The summed E-state index contributed by atoms with van der Waals surface area (Å²) in [5.74, 6) is 0.332. The average molecular weight is 322 g/mol. The molecule has 0 aromatic carbocycles. The number of fused-ring (bicyclic) bond motifs is 1. The highest BCUT2D eigenvalue weighted by Gasteiger charge is 2.24. The molecule has 0 unspecified atom stereocenters. The first-order valence-electron chi connectivity index (χ1n) is 6.27. The molecule has 3 aromatic rings. The Bertz CT molecular complexity index is 854. The largest absolute Gasteiger partial charge is 0.371 e. The highest BCUT2D eigenvalue weighted by Crippen LogP contribution is 2.22. The second kappa shape index (κ2) is 5.47. The Kier molecular flexibility index (Phi) is 3.66. The van der Waals surface area contributed by atoms with E-state index >= 15 is 0 Å². The van der Waals surface area contributed by atoms with E-state index in [9.17, 15) is 8.42 Å². The molecular weight excluding hydrogens is 308 g/mol. The molecule has 6 nitrogen and oxygen atoms in total. The first-order chi connectivity index (χ1) is 10.1. The van der Waals surface area contributed by atoms with E-state index in [2.05, 4.69) is 15.0 Å². The van der Waals surface area contributed by atoms with Crippen molar-refractivity contribution in [2.24, 2.45) is 0 Å². The highest BCUT2D eigenvalue weighted by molar-refractivity contribution is 7.89. The number of hydrogen-bond donors (Lipinski definition) is 2. The molecule has 110 valence electrons. The highest BCUT2D eigenvalue weighted by atomic mass is 32.2. The molecule has 21 heavy (non-hydrogen) atoms. The van der Waals surface area contributed by atoms with Crippen LogP contribution in [0.2, 0.25) is 0 Å². The summed E-state index contributed by atoms with van der Waals surface area (Å²) in [6, 6.07) is 7.24. The lowest BCUT2D eigenvalue weighted by molar-refractivity contribution is 0.577. The Morgan fingerprint density at radius 1 is 1.33 bits per heavy atom. The number of nitrogens with one attached hydrogen (secondary N) is 2. The van der Waals surface area contributed by atoms with Crippen molar-refractivity contribution in [3.63, 3.8) is 0 Å². The number of anilines is 1. The Labute approximate surface area is 126 Å². The van der Waals surface area contributed by atoms with Crippen molar-refractivity contribution in [3.05, 3.63) is 46.8 Å². The van der Waals surface area contributed by atoms with Gasteiger partial charge in [-0.25, -0.2) is 18.1 Å². The van der Waals surface area contributed by atoms with Gasteiger partial charge in [0, 0.05) is 19.8 Å². The third-order valence-electron chi connectivity index (χ3n) is 3.02. The Balaban J connectivity index is 2.01. The Hall–Kier alpha value is -1.90. The molecule has 0 fully saturated rings. The summed E-state index contributed by atoms with van der Waals surface area (Å²) >= 11 is 1.53. The first-order valence-corrected chi connectivity index (χ1v) is 8.70. The fraction of sp³-hybridized carbons (Fsp3) is 0.154. The molecule has 3 aromatic heterocycles. The SMILES string of the molecule is CNc1nc2ccccn2c1S(=O)(=O)NCc1ccsc1. The minimum absolute atomic E-state index is 0.121. The minimum atomic E-state index is -3.67. The lowest BCUT2D eigenvalue weighted by Crippen LogP contribution is -2.25. The van der Waals surface area contributed by atoms with Gasteiger partial charge in [-0.3, -0.25) is 4.40 Å². The van der Waals surface area contributed by atoms with Gasteiger partial charge in [-0.15, -0.1) is 0 Å². The first kappa shape index (κ1) is 14.1.